The standard InChI is InChI=1S/C11H14N2OS/c1-9-8-13(4-5-14-9)10(7-12)11-3-2-6-15-11/h2-3,6,9-10H,4-5,8H2,1H3. The zero-order chi connectivity index (χ0) is 10.7. The number of rotatable bonds is 2. The summed E-state index contributed by atoms with van der Waals surface area (Å²) < 4.78 is 5.47. The summed E-state index contributed by atoms with van der Waals surface area (Å²) in [6.45, 7) is 4.47. The SMILES string of the molecule is CC1CN(C(C#N)c2cccs2)CCO1. The Bertz CT molecular complexity index is 344. The largest absolute Gasteiger partial charge is 0.376 e. The van der Waals surface area contributed by atoms with E-state index < -0.39 is 0 Å². The van der Waals surface area contributed by atoms with Crippen molar-refractivity contribution in [3.8, 4) is 6.07 Å². The van der Waals surface area contributed by atoms with Crippen LogP contribution in [0.25, 0.3) is 0 Å². The first-order valence-electron chi connectivity index (χ1n) is 5.10. The molecule has 0 N–H and O–H groups in total. The van der Waals surface area contributed by atoms with Crippen LogP contribution in [-0.4, -0.2) is 30.7 Å². The van der Waals surface area contributed by atoms with E-state index in [-0.39, 0.29) is 12.1 Å². The Labute approximate surface area is 93.9 Å². The van der Waals surface area contributed by atoms with Gasteiger partial charge in [-0.05, 0) is 18.4 Å². The van der Waals surface area contributed by atoms with Gasteiger partial charge in [-0.15, -0.1) is 11.3 Å². The number of hydrogen-bond acceptors (Lipinski definition) is 4. The zero-order valence-corrected chi connectivity index (χ0v) is 9.54. The lowest BCUT2D eigenvalue weighted by Gasteiger charge is -2.33. The molecule has 0 bridgehead atoms. The molecule has 0 spiro atoms. The lowest BCUT2D eigenvalue weighted by molar-refractivity contribution is -0.0265. The second-order valence-electron chi connectivity index (χ2n) is 3.72. The van der Waals surface area contributed by atoms with Crippen LogP contribution in [0.15, 0.2) is 17.5 Å². The predicted molar refractivity (Wildman–Crippen MR) is 59.7 cm³/mol. The molecule has 1 fully saturated rings. The van der Waals surface area contributed by atoms with E-state index in [1.807, 2.05) is 17.5 Å². The third-order valence-corrected chi connectivity index (χ3v) is 3.50. The molecular formula is C11H14N2OS. The minimum absolute atomic E-state index is 0.101. The molecule has 3 nitrogen and oxygen atoms in total. The molecule has 0 radical (unpaired) electrons. The molecular weight excluding hydrogens is 208 g/mol. The van der Waals surface area contributed by atoms with Gasteiger partial charge in [0.2, 0.25) is 0 Å². The van der Waals surface area contributed by atoms with Gasteiger partial charge in [-0.25, -0.2) is 0 Å². The van der Waals surface area contributed by atoms with Crippen LogP contribution in [0.4, 0.5) is 0 Å². The lowest BCUT2D eigenvalue weighted by Crippen LogP contribution is -2.42. The molecule has 15 heavy (non-hydrogen) atoms. The van der Waals surface area contributed by atoms with E-state index >= 15 is 0 Å². The Kier molecular flexibility index (Phi) is 3.37. The third kappa shape index (κ3) is 2.37. The van der Waals surface area contributed by atoms with Gasteiger partial charge in [0.1, 0.15) is 6.04 Å². The van der Waals surface area contributed by atoms with Crippen LogP contribution < -0.4 is 0 Å². The summed E-state index contributed by atoms with van der Waals surface area (Å²) in [5.41, 5.74) is 0. The van der Waals surface area contributed by atoms with Gasteiger partial charge in [-0.1, -0.05) is 6.07 Å². The average molecular weight is 222 g/mol. The molecule has 1 aromatic rings. The molecule has 2 heterocycles. The van der Waals surface area contributed by atoms with Gasteiger partial charge in [-0.3, -0.25) is 4.90 Å². The number of nitriles is 1. The molecule has 0 aliphatic carbocycles. The highest BCUT2D eigenvalue weighted by molar-refractivity contribution is 7.10. The van der Waals surface area contributed by atoms with Gasteiger partial charge in [0, 0.05) is 18.0 Å². The molecule has 0 saturated carbocycles. The van der Waals surface area contributed by atoms with E-state index in [0.29, 0.717) is 0 Å². The van der Waals surface area contributed by atoms with Crippen molar-refractivity contribution in [3.05, 3.63) is 22.4 Å². The van der Waals surface area contributed by atoms with Crippen LogP contribution in [-0.2, 0) is 4.74 Å². The fourth-order valence-electron chi connectivity index (χ4n) is 1.85. The summed E-state index contributed by atoms with van der Waals surface area (Å²) in [6, 6.07) is 6.30. The number of thiophene rings is 1. The summed E-state index contributed by atoms with van der Waals surface area (Å²) in [4.78, 5) is 3.33. The van der Waals surface area contributed by atoms with Gasteiger partial charge in [0.05, 0.1) is 18.8 Å². The van der Waals surface area contributed by atoms with Crippen LogP contribution in [0.2, 0.25) is 0 Å². The molecule has 1 saturated heterocycles. The van der Waals surface area contributed by atoms with Crippen molar-refractivity contribution in [1.29, 1.82) is 5.26 Å². The summed E-state index contributed by atoms with van der Waals surface area (Å²) in [5.74, 6) is 0. The summed E-state index contributed by atoms with van der Waals surface area (Å²) in [6.07, 6.45) is 0.231. The van der Waals surface area contributed by atoms with Crippen molar-refractivity contribution in [2.24, 2.45) is 0 Å². The molecule has 1 aliphatic rings. The fourth-order valence-corrected chi connectivity index (χ4v) is 2.65. The highest BCUT2D eigenvalue weighted by Crippen LogP contribution is 2.25. The van der Waals surface area contributed by atoms with Crippen molar-refractivity contribution in [2.75, 3.05) is 19.7 Å². The van der Waals surface area contributed by atoms with Gasteiger partial charge in [0.15, 0.2) is 0 Å². The second kappa shape index (κ2) is 4.75. The quantitative estimate of drug-likeness (QED) is 0.768. The average Bonchev–Trinajstić information content (AvgIpc) is 2.72. The molecule has 80 valence electrons. The van der Waals surface area contributed by atoms with Crippen molar-refractivity contribution in [3.63, 3.8) is 0 Å². The van der Waals surface area contributed by atoms with Crippen LogP contribution in [0.3, 0.4) is 0 Å². The topological polar surface area (TPSA) is 36.3 Å². The second-order valence-corrected chi connectivity index (χ2v) is 4.70. The zero-order valence-electron chi connectivity index (χ0n) is 8.72. The number of nitrogens with zero attached hydrogens (tertiary/aromatic N) is 2. The van der Waals surface area contributed by atoms with E-state index in [2.05, 4.69) is 17.9 Å². The van der Waals surface area contributed by atoms with Crippen molar-refractivity contribution in [1.82, 2.24) is 4.90 Å². The Hall–Kier alpha value is -0.890. The molecule has 2 unspecified atom stereocenters. The first kappa shape index (κ1) is 10.6. The van der Waals surface area contributed by atoms with Crippen molar-refractivity contribution < 1.29 is 4.74 Å². The van der Waals surface area contributed by atoms with Gasteiger partial charge < -0.3 is 4.74 Å². The number of ether oxygens (including phenoxy) is 1. The Morgan fingerprint density at radius 3 is 3.20 bits per heavy atom. The maximum Gasteiger partial charge on any atom is 0.133 e. The predicted octanol–water partition coefficient (Wildman–Crippen LogP) is 2.03. The first-order chi connectivity index (χ1) is 7.31. The van der Waals surface area contributed by atoms with Gasteiger partial charge in [0.25, 0.3) is 0 Å². The number of hydrogen-bond donors (Lipinski definition) is 0. The summed E-state index contributed by atoms with van der Waals surface area (Å²) >= 11 is 1.65. The minimum Gasteiger partial charge on any atom is -0.376 e. The monoisotopic (exact) mass is 222 g/mol. The van der Waals surface area contributed by atoms with E-state index in [0.717, 1.165) is 24.6 Å². The van der Waals surface area contributed by atoms with Crippen LogP contribution in [0, 0.1) is 11.3 Å². The van der Waals surface area contributed by atoms with Crippen LogP contribution in [0.1, 0.15) is 17.8 Å². The molecule has 2 atom stereocenters. The molecule has 1 aliphatic heterocycles. The summed E-state index contributed by atoms with van der Waals surface area (Å²) in [5, 5.41) is 11.2. The molecule has 0 aromatic carbocycles. The molecule has 2 rings (SSSR count). The van der Waals surface area contributed by atoms with E-state index in [1.54, 1.807) is 11.3 Å². The molecule has 4 heteroatoms. The third-order valence-electron chi connectivity index (χ3n) is 2.57. The van der Waals surface area contributed by atoms with E-state index in [4.69, 9.17) is 4.74 Å². The number of morpholine rings is 1. The van der Waals surface area contributed by atoms with Gasteiger partial charge >= 0.3 is 0 Å². The summed E-state index contributed by atoms with van der Waals surface area (Å²) in [7, 11) is 0. The lowest BCUT2D eigenvalue weighted by atomic mass is 10.2. The first-order valence-corrected chi connectivity index (χ1v) is 5.98. The minimum atomic E-state index is -0.101. The van der Waals surface area contributed by atoms with Crippen molar-refractivity contribution >= 4 is 11.3 Å². The smallest absolute Gasteiger partial charge is 0.133 e. The highest BCUT2D eigenvalue weighted by Gasteiger charge is 2.25. The van der Waals surface area contributed by atoms with Crippen LogP contribution >= 0.6 is 11.3 Å². The Balaban J connectivity index is 2.10. The Morgan fingerprint density at radius 2 is 2.60 bits per heavy atom. The van der Waals surface area contributed by atoms with E-state index in [1.165, 1.54) is 0 Å². The highest BCUT2D eigenvalue weighted by atomic mass is 32.1. The molecule has 1 aromatic heterocycles. The van der Waals surface area contributed by atoms with Crippen LogP contribution in [0.5, 0.6) is 0 Å². The maximum absolute atomic E-state index is 9.21. The Morgan fingerprint density at radius 1 is 1.73 bits per heavy atom. The normalized spacial score (nSPS) is 24.7. The van der Waals surface area contributed by atoms with Gasteiger partial charge in [-0.2, -0.15) is 5.26 Å². The fraction of sp³-hybridized carbons (Fsp3) is 0.545. The molecule has 0 amide bonds. The van der Waals surface area contributed by atoms with Crippen molar-refractivity contribution in [2.45, 2.75) is 19.1 Å². The van der Waals surface area contributed by atoms with E-state index in [9.17, 15) is 5.26 Å². The maximum atomic E-state index is 9.21.